The van der Waals surface area contributed by atoms with Crippen molar-refractivity contribution in [1.29, 1.82) is 0 Å². The summed E-state index contributed by atoms with van der Waals surface area (Å²) in [6, 6.07) is 5.77. The fourth-order valence-electron chi connectivity index (χ4n) is 2.73. The molecule has 1 aliphatic carbocycles. The van der Waals surface area contributed by atoms with E-state index in [-0.39, 0.29) is 5.56 Å². The van der Waals surface area contributed by atoms with Gasteiger partial charge in [-0.2, -0.15) is 5.10 Å². The summed E-state index contributed by atoms with van der Waals surface area (Å²) in [5.41, 5.74) is 1.00. The van der Waals surface area contributed by atoms with E-state index in [0.717, 1.165) is 36.9 Å². The maximum Gasteiger partial charge on any atom is 0.278 e. The van der Waals surface area contributed by atoms with E-state index >= 15 is 0 Å². The number of nitrogens with zero attached hydrogens (tertiary/aromatic N) is 2. The van der Waals surface area contributed by atoms with Gasteiger partial charge in [0, 0.05) is 11.9 Å². The van der Waals surface area contributed by atoms with E-state index in [9.17, 15) is 4.79 Å². The quantitative estimate of drug-likeness (QED) is 0.819. The maximum atomic E-state index is 12.7. The molecule has 1 heterocycles. The first-order chi connectivity index (χ1) is 10.2. The van der Waals surface area contributed by atoms with E-state index < -0.39 is 0 Å². The van der Waals surface area contributed by atoms with Crippen LogP contribution in [0.15, 0.2) is 23.0 Å². The zero-order valence-corrected chi connectivity index (χ0v) is 12.8. The van der Waals surface area contributed by atoms with E-state index in [1.54, 1.807) is 11.8 Å². The largest absolute Gasteiger partial charge is 0.496 e. The molecule has 1 fully saturated rings. The van der Waals surface area contributed by atoms with Gasteiger partial charge in [0.25, 0.3) is 5.56 Å². The number of unbranched alkanes of at least 4 members (excludes halogenated alkanes) is 1. The molecule has 0 radical (unpaired) electrons. The van der Waals surface area contributed by atoms with E-state index in [4.69, 9.17) is 4.74 Å². The van der Waals surface area contributed by atoms with E-state index in [1.807, 2.05) is 18.2 Å². The van der Waals surface area contributed by atoms with Crippen molar-refractivity contribution in [2.75, 3.05) is 7.11 Å². The summed E-state index contributed by atoms with van der Waals surface area (Å²) in [7, 11) is 1.62. The topological polar surface area (TPSA) is 44.1 Å². The highest BCUT2D eigenvalue weighted by atomic mass is 16.5. The van der Waals surface area contributed by atoms with Gasteiger partial charge in [-0.05, 0) is 37.7 Å². The highest BCUT2D eigenvalue weighted by molar-refractivity contribution is 5.89. The van der Waals surface area contributed by atoms with Crippen molar-refractivity contribution in [3.05, 3.63) is 34.2 Å². The van der Waals surface area contributed by atoms with Gasteiger partial charge in [0.2, 0.25) is 0 Å². The molecule has 0 unspecified atom stereocenters. The van der Waals surface area contributed by atoms with E-state index in [2.05, 4.69) is 12.0 Å². The number of rotatable bonds is 6. The predicted octanol–water partition coefficient (Wildman–Crippen LogP) is 3.16. The monoisotopic (exact) mass is 286 g/mol. The predicted molar refractivity (Wildman–Crippen MR) is 83.9 cm³/mol. The van der Waals surface area contributed by atoms with Gasteiger partial charge in [0.15, 0.2) is 0 Å². The van der Waals surface area contributed by atoms with Crippen molar-refractivity contribution in [1.82, 2.24) is 9.78 Å². The SMILES string of the molecule is CCCCc1nn(CC2CC2)c(=O)c2c(OC)cccc12. The van der Waals surface area contributed by atoms with Crippen molar-refractivity contribution in [3.63, 3.8) is 0 Å². The Morgan fingerprint density at radius 3 is 2.86 bits per heavy atom. The summed E-state index contributed by atoms with van der Waals surface area (Å²) in [5.74, 6) is 1.28. The molecule has 4 nitrogen and oxygen atoms in total. The molecule has 4 heteroatoms. The Bertz CT molecular complexity index is 702. The van der Waals surface area contributed by atoms with Crippen molar-refractivity contribution >= 4 is 10.8 Å². The van der Waals surface area contributed by atoms with Crippen molar-refractivity contribution in [2.24, 2.45) is 5.92 Å². The molecule has 0 saturated heterocycles. The van der Waals surface area contributed by atoms with Gasteiger partial charge < -0.3 is 4.74 Å². The van der Waals surface area contributed by atoms with Gasteiger partial charge in [-0.1, -0.05) is 25.5 Å². The summed E-state index contributed by atoms with van der Waals surface area (Å²) in [6.45, 7) is 2.91. The Kier molecular flexibility index (Phi) is 3.95. The first-order valence-electron chi connectivity index (χ1n) is 7.81. The molecule has 0 amide bonds. The highest BCUT2D eigenvalue weighted by Crippen LogP contribution is 2.31. The number of ether oxygens (including phenoxy) is 1. The third-order valence-electron chi connectivity index (χ3n) is 4.14. The maximum absolute atomic E-state index is 12.7. The Morgan fingerprint density at radius 1 is 1.38 bits per heavy atom. The van der Waals surface area contributed by atoms with Crippen LogP contribution in [0.5, 0.6) is 5.75 Å². The average Bonchev–Trinajstić information content (AvgIpc) is 3.32. The van der Waals surface area contributed by atoms with Crippen LogP contribution in [0.4, 0.5) is 0 Å². The molecule has 0 aliphatic heterocycles. The zero-order valence-electron chi connectivity index (χ0n) is 12.8. The Morgan fingerprint density at radius 2 is 2.19 bits per heavy atom. The second-order valence-electron chi connectivity index (χ2n) is 5.86. The lowest BCUT2D eigenvalue weighted by Gasteiger charge is -2.12. The molecule has 2 aromatic rings. The molecule has 0 N–H and O–H groups in total. The van der Waals surface area contributed by atoms with E-state index in [0.29, 0.717) is 17.1 Å². The van der Waals surface area contributed by atoms with Crippen LogP contribution < -0.4 is 10.3 Å². The minimum atomic E-state index is -0.0189. The molecule has 1 saturated carbocycles. The minimum Gasteiger partial charge on any atom is -0.496 e. The minimum absolute atomic E-state index is 0.0189. The third-order valence-corrected chi connectivity index (χ3v) is 4.14. The number of hydrogen-bond donors (Lipinski definition) is 0. The number of aryl methyl sites for hydroxylation is 1. The second kappa shape index (κ2) is 5.88. The smallest absolute Gasteiger partial charge is 0.278 e. The van der Waals surface area contributed by atoms with Gasteiger partial charge >= 0.3 is 0 Å². The number of hydrogen-bond acceptors (Lipinski definition) is 3. The highest BCUT2D eigenvalue weighted by Gasteiger charge is 2.24. The van der Waals surface area contributed by atoms with Crippen LogP contribution in [-0.4, -0.2) is 16.9 Å². The van der Waals surface area contributed by atoms with Gasteiger partial charge in [0.1, 0.15) is 5.75 Å². The van der Waals surface area contributed by atoms with Gasteiger partial charge in [-0.3, -0.25) is 4.79 Å². The van der Waals surface area contributed by atoms with Crippen LogP contribution in [0.3, 0.4) is 0 Å². The number of benzene rings is 1. The standard InChI is InChI=1S/C17H22N2O2/c1-3-4-7-14-13-6-5-8-15(21-2)16(13)17(20)19(18-14)11-12-9-10-12/h5-6,8,12H,3-4,7,9-11H2,1-2H3. The number of aromatic nitrogens is 2. The lowest BCUT2D eigenvalue weighted by molar-refractivity contribution is 0.418. The molecule has 0 spiro atoms. The summed E-state index contributed by atoms with van der Waals surface area (Å²) in [6.07, 6.45) is 5.53. The van der Waals surface area contributed by atoms with Crippen LogP contribution in [0.25, 0.3) is 10.8 Å². The molecule has 0 bridgehead atoms. The van der Waals surface area contributed by atoms with Crippen molar-refractivity contribution < 1.29 is 4.74 Å². The van der Waals surface area contributed by atoms with Crippen LogP contribution in [0.2, 0.25) is 0 Å². The molecule has 1 aliphatic rings. The molecule has 1 aromatic carbocycles. The second-order valence-corrected chi connectivity index (χ2v) is 5.86. The molecule has 0 atom stereocenters. The van der Waals surface area contributed by atoms with Crippen molar-refractivity contribution in [2.45, 2.75) is 45.6 Å². The molecule has 1 aromatic heterocycles. The van der Waals surface area contributed by atoms with Crippen LogP contribution >= 0.6 is 0 Å². The zero-order chi connectivity index (χ0) is 14.8. The normalized spacial score (nSPS) is 14.6. The number of methoxy groups -OCH3 is 1. The Labute approximate surface area is 124 Å². The van der Waals surface area contributed by atoms with Crippen LogP contribution in [-0.2, 0) is 13.0 Å². The molecule has 21 heavy (non-hydrogen) atoms. The molecular formula is C17H22N2O2. The van der Waals surface area contributed by atoms with Crippen LogP contribution in [0, 0.1) is 5.92 Å². The van der Waals surface area contributed by atoms with Crippen molar-refractivity contribution in [3.8, 4) is 5.75 Å². The fourth-order valence-corrected chi connectivity index (χ4v) is 2.73. The molecular weight excluding hydrogens is 264 g/mol. The molecule has 3 rings (SSSR count). The first-order valence-corrected chi connectivity index (χ1v) is 7.81. The lowest BCUT2D eigenvalue weighted by Crippen LogP contribution is -2.26. The first kappa shape index (κ1) is 14.1. The van der Waals surface area contributed by atoms with Gasteiger partial charge in [-0.25, -0.2) is 4.68 Å². The van der Waals surface area contributed by atoms with Gasteiger partial charge in [0.05, 0.1) is 18.2 Å². The third kappa shape index (κ3) is 2.80. The van der Waals surface area contributed by atoms with Crippen LogP contribution in [0.1, 0.15) is 38.3 Å². The summed E-state index contributed by atoms with van der Waals surface area (Å²) in [4.78, 5) is 12.7. The Balaban J connectivity index is 2.18. The summed E-state index contributed by atoms with van der Waals surface area (Å²) < 4.78 is 7.06. The summed E-state index contributed by atoms with van der Waals surface area (Å²) in [5, 5.41) is 6.27. The number of fused-ring (bicyclic) bond motifs is 1. The Hall–Kier alpha value is -1.84. The van der Waals surface area contributed by atoms with E-state index in [1.165, 1.54) is 12.8 Å². The lowest BCUT2D eigenvalue weighted by atomic mass is 10.1. The average molecular weight is 286 g/mol. The fraction of sp³-hybridized carbons (Fsp3) is 0.529. The van der Waals surface area contributed by atoms with Gasteiger partial charge in [-0.15, -0.1) is 0 Å². The summed E-state index contributed by atoms with van der Waals surface area (Å²) >= 11 is 0. The molecule has 112 valence electrons.